The van der Waals surface area contributed by atoms with Gasteiger partial charge >= 0.3 is 0 Å². The number of sulfonamides is 1. The van der Waals surface area contributed by atoms with Crippen LogP contribution in [0.4, 0.5) is 0 Å². The molecule has 9 heteroatoms. The largest absolute Gasteiger partial charge is 0.347 e. The molecule has 31 heavy (non-hydrogen) atoms. The lowest BCUT2D eigenvalue weighted by molar-refractivity contribution is 0.0952. The molecular weight excluding hydrogens is 432 g/mol. The van der Waals surface area contributed by atoms with E-state index in [1.165, 1.54) is 21.2 Å². The Hall–Kier alpha value is -1.78. The van der Waals surface area contributed by atoms with E-state index in [0.29, 0.717) is 19.6 Å². The van der Waals surface area contributed by atoms with Crippen molar-refractivity contribution in [1.29, 1.82) is 0 Å². The van der Waals surface area contributed by atoms with Crippen LogP contribution in [0.5, 0.6) is 0 Å². The number of amides is 1. The van der Waals surface area contributed by atoms with Crippen LogP contribution < -0.4 is 5.32 Å². The van der Waals surface area contributed by atoms with Gasteiger partial charge in [-0.25, -0.2) is 8.42 Å². The highest BCUT2D eigenvalue weighted by molar-refractivity contribution is 7.89. The maximum absolute atomic E-state index is 12.9. The maximum atomic E-state index is 12.9. The number of benzene rings is 1. The summed E-state index contributed by atoms with van der Waals surface area (Å²) in [5, 5.41) is 4.55. The predicted molar refractivity (Wildman–Crippen MR) is 123 cm³/mol. The lowest BCUT2D eigenvalue weighted by Crippen LogP contribution is -2.43. The van der Waals surface area contributed by atoms with E-state index in [2.05, 4.69) is 34.3 Å². The van der Waals surface area contributed by atoms with Gasteiger partial charge in [-0.3, -0.25) is 9.69 Å². The lowest BCUT2D eigenvalue weighted by Gasteiger charge is -2.32. The second-order valence-electron chi connectivity index (χ2n) is 8.30. The Bertz CT molecular complexity index is 990. The quantitative estimate of drug-likeness (QED) is 0.683. The van der Waals surface area contributed by atoms with Gasteiger partial charge in [0.2, 0.25) is 10.0 Å². The first-order valence-electron chi connectivity index (χ1n) is 10.8. The Morgan fingerprint density at radius 2 is 1.61 bits per heavy atom. The zero-order chi connectivity index (χ0) is 21.8. The minimum Gasteiger partial charge on any atom is -0.347 e. The highest BCUT2D eigenvalue weighted by Gasteiger charge is 2.31. The molecule has 4 rings (SSSR count). The van der Waals surface area contributed by atoms with Gasteiger partial charge in [0.1, 0.15) is 9.77 Å². The molecule has 1 aromatic carbocycles. The fourth-order valence-electron chi connectivity index (χ4n) is 4.02. The summed E-state index contributed by atoms with van der Waals surface area (Å²) in [6.07, 6.45) is 1.74. The van der Waals surface area contributed by atoms with Crippen molar-refractivity contribution >= 4 is 27.3 Å². The molecule has 7 nitrogen and oxygen atoms in total. The monoisotopic (exact) mass is 462 g/mol. The summed E-state index contributed by atoms with van der Waals surface area (Å²) in [4.78, 5) is 17.9. The summed E-state index contributed by atoms with van der Waals surface area (Å²) in [6, 6.07) is 9.81. The first-order chi connectivity index (χ1) is 14.9. The van der Waals surface area contributed by atoms with Crippen molar-refractivity contribution in [1.82, 2.24) is 19.4 Å². The highest BCUT2D eigenvalue weighted by atomic mass is 32.2. The Morgan fingerprint density at radius 3 is 2.29 bits per heavy atom. The standard InChI is InChI=1S/C22H30N4O3S2/c1-24-11-13-25(14-12-24)17-19-6-4-18(5-7-19)16-23-22(27)21-20(8-15-30-21)31(28,29)26-9-2-3-10-26/h4-8,15H,2-3,9-14,16-17H2,1H3,(H,23,27). The van der Waals surface area contributed by atoms with Crippen LogP contribution >= 0.6 is 11.3 Å². The van der Waals surface area contributed by atoms with Crippen LogP contribution in [0.2, 0.25) is 0 Å². The van der Waals surface area contributed by atoms with Gasteiger partial charge < -0.3 is 10.2 Å². The Kier molecular flexibility index (Phi) is 7.08. The second-order valence-corrected chi connectivity index (χ2v) is 11.1. The molecule has 168 valence electrons. The van der Waals surface area contributed by atoms with E-state index in [1.54, 1.807) is 11.4 Å². The summed E-state index contributed by atoms with van der Waals surface area (Å²) in [7, 11) is -1.45. The van der Waals surface area contributed by atoms with Crippen LogP contribution in [0.1, 0.15) is 33.6 Å². The maximum Gasteiger partial charge on any atom is 0.263 e. The summed E-state index contributed by atoms with van der Waals surface area (Å²) >= 11 is 1.17. The fourth-order valence-corrected chi connectivity index (χ4v) is 6.86. The highest BCUT2D eigenvalue weighted by Crippen LogP contribution is 2.27. The molecule has 0 unspecified atom stereocenters. The molecule has 0 bridgehead atoms. The van der Waals surface area contributed by atoms with Crippen molar-refractivity contribution in [3.05, 3.63) is 51.7 Å². The first-order valence-corrected chi connectivity index (χ1v) is 13.1. The van der Waals surface area contributed by atoms with Gasteiger partial charge in [0.05, 0.1) is 0 Å². The number of hydrogen-bond acceptors (Lipinski definition) is 6. The van der Waals surface area contributed by atoms with Crippen molar-refractivity contribution in [3.63, 3.8) is 0 Å². The first kappa shape index (κ1) is 22.4. The average Bonchev–Trinajstić information content (AvgIpc) is 3.47. The smallest absolute Gasteiger partial charge is 0.263 e. The van der Waals surface area contributed by atoms with E-state index in [9.17, 15) is 13.2 Å². The van der Waals surface area contributed by atoms with Crippen molar-refractivity contribution in [2.75, 3.05) is 46.3 Å². The third-order valence-corrected chi connectivity index (χ3v) is 8.98. The lowest BCUT2D eigenvalue weighted by atomic mass is 10.1. The molecule has 2 saturated heterocycles. The molecule has 2 fully saturated rings. The van der Waals surface area contributed by atoms with Gasteiger partial charge in [-0.1, -0.05) is 24.3 Å². The molecule has 0 aliphatic carbocycles. The van der Waals surface area contributed by atoms with Crippen LogP contribution in [0.3, 0.4) is 0 Å². The second kappa shape index (κ2) is 9.79. The number of carbonyl (C=O) groups excluding carboxylic acids is 1. The van der Waals surface area contributed by atoms with Gasteiger partial charge in [0.15, 0.2) is 0 Å². The summed E-state index contributed by atoms with van der Waals surface area (Å²) in [5.74, 6) is -0.339. The van der Waals surface area contributed by atoms with Crippen LogP contribution in [-0.4, -0.2) is 74.7 Å². The number of rotatable bonds is 7. The number of nitrogens with zero attached hydrogens (tertiary/aromatic N) is 3. The van der Waals surface area contributed by atoms with Crippen molar-refractivity contribution < 1.29 is 13.2 Å². The normalized spacial score (nSPS) is 19.0. The summed E-state index contributed by atoms with van der Waals surface area (Å²) in [5.41, 5.74) is 2.26. The van der Waals surface area contributed by atoms with E-state index < -0.39 is 10.0 Å². The van der Waals surface area contributed by atoms with Gasteiger partial charge in [0, 0.05) is 52.4 Å². The zero-order valence-corrected chi connectivity index (χ0v) is 19.6. The third-order valence-electron chi connectivity index (χ3n) is 6.00. The van der Waals surface area contributed by atoms with E-state index in [0.717, 1.165) is 51.1 Å². The van der Waals surface area contributed by atoms with Gasteiger partial charge in [0.25, 0.3) is 5.91 Å². The molecule has 1 amide bonds. The Morgan fingerprint density at radius 1 is 0.968 bits per heavy atom. The molecule has 2 aliphatic heterocycles. The van der Waals surface area contributed by atoms with Crippen LogP contribution in [0.15, 0.2) is 40.6 Å². The SMILES string of the molecule is CN1CCN(Cc2ccc(CNC(=O)c3sccc3S(=O)(=O)N3CCCC3)cc2)CC1. The number of likely N-dealkylation sites (N-methyl/N-ethyl adjacent to an activating group) is 1. The molecule has 2 aromatic rings. The van der Waals surface area contributed by atoms with Crippen LogP contribution in [-0.2, 0) is 23.1 Å². The zero-order valence-electron chi connectivity index (χ0n) is 17.9. The Labute approximate surface area is 188 Å². The molecule has 3 heterocycles. The van der Waals surface area contributed by atoms with Crippen molar-refractivity contribution in [2.45, 2.75) is 30.8 Å². The van der Waals surface area contributed by atoms with E-state index in [1.807, 2.05) is 12.1 Å². The van der Waals surface area contributed by atoms with Gasteiger partial charge in [-0.2, -0.15) is 4.31 Å². The number of nitrogens with one attached hydrogen (secondary N) is 1. The third kappa shape index (κ3) is 5.35. The van der Waals surface area contributed by atoms with E-state index >= 15 is 0 Å². The molecule has 0 saturated carbocycles. The topological polar surface area (TPSA) is 73.0 Å². The Balaban J connectivity index is 1.34. The summed E-state index contributed by atoms with van der Waals surface area (Å²) in [6.45, 7) is 6.72. The molecule has 1 N–H and O–H groups in total. The minimum absolute atomic E-state index is 0.124. The predicted octanol–water partition coefficient (Wildman–Crippen LogP) is 2.21. The molecule has 2 aliphatic rings. The molecule has 0 spiro atoms. The number of thiophene rings is 1. The van der Waals surface area contributed by atoms with Crippen LogP contribution in [0.25, 0.3) is 0 Å². The molecular formula is C22H30N4O3S2. The van der Waals surface area contributed by atoms with E-state index in [4.69, 9.17) is 0 Å². The molecule has 1 aromatic heterocycles. The average molecular weight is 463 g/mol. The number of piperazine rings is 1. The van der Waals surface area contributed by atoms with Gasteiger partial charge in [-0.15, -0.1) is 11.3 Å². The van der Waals surface area contributed by atoms with Crippen molar-refractivity contribution in [3.8, 4) is 0 Å². The summed E-state index contributed by atoms with van der Waals surface area (Å²) < 4.78 is 27.2. The van der Waals surface area contributed by atoms with Crippen molar-refractivity contribution in [2.24, 2.45) is 0 Å². The minimum atomic E-state index is -3.60. The fraction of sp³-hybridized carbons (Fsp3) is 0.500. The molecule has 0 radical (unpaired) electrons. The molecule has 0 atom stereocenters. The van der Waals surface area contributed by atoms with E-state index in [-0.39, 0.29) is 15.7 Å². The van der Waals surface area contributed by atoms with Crippen LogP contribution in [0, 0.1) is 0 Å². The van der Waals surface area contributed by atoms with Gasteiger partial charge in [-0.05, 0) is 42.5 Å². The number of hydrogen-bond donors (Lipinski definition) is 1. The number of carbonyl (C=O) groups is 1.